The zero-order chi connectivity index (χ0) is 11.7. The summed E-state index contributed by atoms with van der Waals surface area (Å²) in [7, 11) is 1.71. The lowest BCUT2D eigenvalue weighted by Gasteiger charge is -2.11. The molecule has 1 aromatic heterocycles. The highest BCUT2D eigenvalue weighted by Crippen LogP contribution is 2.28. The number of nitrogens with zero attached hydrogens (tertiary/aromatic N) is 3. The molecule has 0 saturated heterocycles. The molecule has 1 unspecified atom stereocenters. The molecular weight excluding hydrogens is 249 g/mol. The van der Waals surface area contributed by atoms with E-state index in [0.29, 0.717) is 21.3 Å². The van der Waals surface area contributed by atoms with Crippen LogP contribution in [0.25, 0.3) is 0 Å². The number of aromatic nitrogens is 3. The Morgan fingerprint density at radius 1 is 1.31 bits per heavy atom. The highest BCUT2D eigenvalue weighted by atomic mass is 35.5. The molecule has 0 radical (unpaired) electrons. The highest BCUT2D eigenvalue weighted by molar-refractivity contribution is 6.42. The quantitative estimate of drug-likeness (QED) is 0.898. The molecule has 0 fully saturated rings. The second kappa shape index (κ2) is 4.41. The molecule has 0 saturated carbocycles. The van der Waals surface area contributed by atoms with Gasteiger partial charge in [0.05, 0.1) is 21.9 Å². The predicted molar refractivity (Wildman–Crippen MR) is 61.5 cm³/mol. The lowest BCUT2D eigenvalue weighted by molar-refractivity contribution is 0.210. The van der Waals surface area contributed by atoms with Crippen molar-refractivity contribution in [2.75, 3.05) is 0 Å². The van der Waals surface area contributed by atoms with Crippen LogP contribution in [0.2, 0.25) is 10.0 Å². The first kappa shape index (κ1) is 11.4. The highest BCUT2D eigenvalue weighted by Gasteiger charge is 2.15. The summed E-state index contributed by atoms with van der Waals surface area (Å²) >= 11 is 11.7. The first-order valence-corrected chi connectivity index (χ1v) is 5.33. The Kier molecular flexibility index (Phi) is 3.14. The van der Waals surface area contributed by atoms with Gasteiger partial charge in [0.25, 0.3) is 0 Å². The van der Waals surface area contributed by atoms with Gasteiger partial charge in [0.1, 0.15) is 6.10 Å². The number of rotatable bonds is 2. The fourth-order valence-electron chi connectivity index (χ4n) is 1.40. The smallest absolute Gasteiger partial charge is 0.122 e. The van der Waals surface area contributed by atoms with Crippen LogP contribution < -0.4 is 0 Å². The lowest BCUT2D eigenvalue weighted by Crippen LogP contribution is -2.06. The van der Waals surface area contributed by atoms with Crippen molar-refractivity contribution in [3.8, 4) is 0 Å². The van der Waals surface area contributed by atoms with Gasteiger partial charge in [-0.05, 0) is 17.7 Å². The summed E-state index contributed by atoms with van der Waals surface area (Å²) in [5, 5.41) is 18.4. The van der Waals surface area contributed by atoms with Crippen LogP contribution in [0.1, 0.15) is 17.4 Å². The normalized spacial score (nSPS) is 12.8. The Balaban J connectivity index is 2.38. The predicted octanol–water partition coefficient (Wildman–Crippen LogP) is 2.20. The first-order valence-electron chi connectivity index (χ1n) is 4.57. The number of benzene rings is 1. The second-order valence-corrected chi connectivity index (χ2v) is 4.17. The van der Waals surface area contributed by atoms with Gasteiger partial charge in [0.15, 0.2) is 0 Å². The van der Waals surface area contributed by atoms with Crippen molar-refractivity contribution in [3.63, 3.8) is 0 Å². The fraction of sp³-hybridized carbons (Fsp3) is 0.200. The molecule has 4 nitrogen and oxygen atoms in total. The number of aryl methyl sites for hydroxylation is 1. The minimum Gasteiger partial charge on any atom is -0.382 e. The number of aliphatic hydroxyl groups excluding tert-OH is 1. The van der Waals surface area contributed by atoms with Gasteiger partial charge >= 0.3 is 0 Å². The first-order chi connectivity index (χ1) is 7.59. The van der Waals surface area contributed by atoms with Crippen molar-refractivity contribution in [3.05, 3.63) is 45.7 Å². The maximum Gasteiger partial charge on any atom is 0.122 e. The number of hydrogen-bond acceptors (Lipinski definition) is 3. The lowest BCUT2D eigenvalue weighted by atomic mass is 10.1. The summed E-state index contributed by atoms with van der Waals surface area (Å²) in [6.07, 6.45) is 0.697. The topological polar surface area (TPSA) is 50.9 Å². The molecule has 1 heterocycles. The molecule has 0 aliphatic rings. The van der Waals surface area contributed by atoms with Gasteiger partial charge in [-0.2, -0.15) is 0 Å². The van der Waals surface area contributed by atoms with Crippen molar-refractivity contribution < 1.29 is 5.11 Å². The SMILES string of the molecule is Cn1nncc1C(O)c1ccc(Cl)c(Cl)c1. The number of hydrogen-bond donors (Lipinski definition) is 1. The van der Waals surface area contributed by atoms with E-state index in [-0.39, 0.29) is 0 Å². The van der Waals surface area contributed by atoms with Gasteiger partial charge in [-0.25, -0.2) is 4.68 Å². The summed E-state index contributed by atoms with van der Waals surface area (Å²) in [5.41, 5.74) is 1.25. The van der Waals surface area contributed by atoms with Crippen LogP contribution >= 0.6 is 23.2 Å². The van der Waals surface area contributed by atoms with Crippen molar-refractivity contribution >= 4 is 23.2 Å². The molecule has 0 amide bonds. The standard InChI is InChI=1S/C10H9Cl2N3O/c1-15-9(5-13-14-15)10(16)6-2-3-7(11)8(12)4-6/h2-5,10,16H,1H3. The van der Waals surface area contributed by atoms with Gasteiger partial charge in [0, 0.05) is 7.05 Å². The molecule has 84 valence electrons. The average Bonchev–Trinajstić information content (AvgIpc) is 2.67. The summed E-state index contributed by atoms with van der Waals surface area (Å²) in [4.78, 5) is 0. The maximum absolute atomic E-state index is 10.1. The van der Waals surface area contributed by atoms with E-state index in [0.717, 1.165) is 0 Å². The van der Waals surface area contributed by atoms with Crippen molar-refractivity contribution in [1.82, 2.24) is 15.0 Å². The summed E-state index contributed by atoms with van der Waals surface area (Å²) in [6, 6.07) is 4.99. The van der Waals surface area contributed by atoms with E-state index < -0.39 is 6.10 Å². The van der Waals surface area contributed by atoms with Crippen LogP contribution in [-0.2, 0) is 7.05 Å². The third-order valence-electron chi connectivity index (χ3n) is 2.29. The fourth-order valence-corrected chi connectivity index (χ4v) is 1.70. The molecule has 2 rings (SSSR count). The van der Waals surface area contributed by atoms with Crippen LogP contribution in [0, 0.1) is 0 Å². The van der Waals surface area contributed by atoms with Crippen molar-refractivity contribution in [1.29, 1.82) is 0 Å². The van der Waals surface area contributed by atoms with Crippen LogP contribution in [0.3, 0.4) is 0 Å². The molecular formula is C10H9Cl2N3O. The Labute approximate surface area is 102 Å². The summed E-state index contributed by atoms with van der Waals surface area (Å²) in [5.74, 6) is 0. The van der Waals surface area contributed by atoms with E-state index in [4.69, 9.17) is 23.2 Å². The van der Waals surface area contributed by atoms with E-state index in [1.54, 1.807) is 25.2 Å². The molecule has 0 spiro atoms. The molecule has 0 aliphatic heterocycles. The Morgan fingerprint density at radius 2 is 2.06 bits per heavy atom. The summed E-state index contributed by atoms with van der Waals surface area (Å²) in [6.45, 7) is 0. The molecule has 16 heavy (non-hydrogen) atoms. The third-order valence-corrected chi connectivity index (χ3v) is 3.03. The molecule has 0 bridgehead atoms. The van der Waals surface area contributed by atoms with Crippen molar-refractivity contribution in [2.24, 2.45) is 7.05 Å². The van der Waals surface area contributed by atoms with Gasteiger partial charge in [-0.15, -0.1) is 5.10 Å². The van der Waals surface area contributed by atoms with E-state index in [2.05, 4.69) is 10.3 Å². The zero-order valence-corrected chi connectivity index (χ0v) is 9.94. The van der Waals surface area contributed by atoms with E-state index in [9.17, 15) is 5.11 Å². The minimum atomic E-state index is -0.810. The largest absolute Gasteiger partial charge is 0.382 e. The molecule has 2 aromatic rings. The minimum absolute atomic E-state index is 0.411. The zero-order valence-electron chi connectivity index (χ0n) is 8.43. The Morgan fingerprint density at radius 3 is 2.62 bits per heavy atom. The molecule has 1 atom stereocenters. The Bertz CT molecular complexity index is 513. The van der Waals surface area contributed by atoms with E-state index in [1.807, 2.05) is 0 Å². The van der Waals surface area contributed by atoms with Crippen LogP contribution in [0.15, 0.2) is 24.4 Å². The van der Waals surface area contributed by atoms with Crippen LogP contribution in [-0.4, -0.2) is 20.1 Å². The van der Waals surface area contributed by atoms with Gasteiger partial charge in [0.2, 0.25) is 0 Å². The van der Waals surface area contributed by atoms with E-state index >= 15 is 0 Å². The van der Waals surface area contributed by atoms with Gasteiger partial charge in [-0.1, -0.05) is 34.5 Å². The van der Waals surface area contributed by atoms with Crippen LogP contribution in [0.4, 0.5) is 0 Å². The monoisotopic (exact) mass is 257 g/mol. The number of halogens is 2. The second-order valence-electron chi connectivity index (χ2n) is 3.36. The average molecular weight is 258 g/mol. The van der Waals surface area contributed by atoms with E-state index in [1.165, 1.54) is 10.9 Å². The molecule has 1 N–H and O–H groups in total. The number of aliphatic hydroxyl groups is 1. The molecule has 1 aromatic carbocycles. The summed E-state index contributed by atoms with van der Waals surface area (Å²) < 4.78 is 1.51. The Hall–Kier alpha value is -1.10. The van der Waals surface area contributed by atoms with Gasteiger partial charge in [-0.3, -0.25) is 0 Å². The van der Waals surface area contributed by atoms with Gasteiger partial charge < -0.3 is 5.11 Å². The van der Waals surface area contributed by atoms with Crippen molar-refractivity contribution in [2.45, 2.75) is 6.10 Å². The third kappa shape index (κ3) is 2.04. The maximum atomic E-state index is 10.1. The molecule has 0 aliphatic carbocycles. The molecule has 6 heteroatoms. The van der Waals surface area contributed by atoms with Crippen LogP contribution in [0.5, 0.6) is 0 Å².